The van der Waals surface area contributed by atoms with Crippen LogP contribution in [0, 0.1) is 0 Å². The van der Waals surface area contributed by atoms with Gasteiger partial charge in [-0.1, -0.05) is 0 Å². The van der Waals surface area contributed by atoms with E-state index < -0.39 is 5.97 Å². The first-order valence-corrected chi connectivity index (χ1v) is 6.05. The quantitative estimate of drug-likeness (QED) is 0.618. The molecule has 5 nitrogen and oxygen atoms in total. The zero-order chi connectivity index (χ0) is 13.5. The highest BCUT2D eigenvalue weighted by atomic mass is 79.9. The number of methoxy groups -OCH3 is 1. The number of aldehydes is 1. The van der Waals surface area contributed by atoms with Crippen LogP contribution in [-0.2, 0) is 4.79 Å². The van der Waals surface area contributed by atoms with Gasteiger partial charge in [0.15, 0.2) is 17.8 Å². The summed E-state index contributed by atoms with van der Waals surface area (Å²) in [5.74, 6) is 0.0547. The highest BCUT2D eigenvalue weighted by Gasteiger charge is 2.10. The maximum Gasteiger partial charge on any atom is 0.303 e. The van der Waals surface area contributed by atoms with Crippen molar-refractivity contribution in [1.82, 2.24) is 0 Å². The highest BCUT2D eigenvalue weighted by molar-refractivity contribution is 9.10. The van der Waals surface area contributed by atoms with Gasteiger partial charge in [-0.3, -0.25) is 9.59 Å². The number of aliphatic carboxylic acids is 1. The van der Waals surface area contributed by atoms with Gasteiger partial charge in [0.25, 0.3) is 0 Å². The lowest BCUT2D eigenvalue weighted by Gasteiger charge is -2.11. The second kappa shape index (κ2) is 7.00. The SMILES string of the molecule is COc1cc(C=O)c(Br)cc1OCCCC(=O)O. The molecule has 0 atom stereocenters. The number of carbonyl (C=O) groups is 2. The molecule has 0 radical (unpaired) electrons. The number of ether oxygens (including phenoxy) is 2. The summed E-state index contributed by atoms with van der Waals surface area (Å²) in [6.07, 6.45) is 1.17. The Morgan fingerprint density at radius 3 is 2.72 bits per heavy atom. The summed E-state index contributed by atoms with van der Waals surface area (Å²) in [5, 5.41) is 8.50. The molecule has 1 aromatic carbocycles. The van der Waals surface area contributed by atoms with Crippen molar-refractivity contribution in [3.05, 3.63) is 22.2 Å². The molecule has 0 aliphatic carbocycles. The van der Waals surface area contributed by atoms with Crippen molar-refractivity contribution in [3.8, 4) is 11.5 Å². The molecule has 0 aromatic heterocycles. The summed E-state index contributed by atoms with van der Waals surface area (Å²) < 4.78 is 11.1. The van der Waals surface area contributed by atoms with Gasteiger partial charge in [0.2, 0.25) is 0 Å². The van der Waals surface area contributed by atoms with E-state index in [2.05, 4.69) is 15.9 Å². The normalized spacial score (nSPS) is 9.89. The molecule has 0 aliphatic heterocycles. The number of halogens is 1. The van der Waals surface area contributed by atoms with Crippen LogP contribution >= 0.6 is 15.9 Å². The largest absolute Gasteiger partial charge is 0.493 e. The third-order valence-corrected chi connectivity index (χ3v) is 2.89. The third kappa shape index (κ3) is 4.03. The summed E-state index contributed by atoms with van der Waals surface area (Å²) in [7, 11) is 1.47. The topological polar surface area (TPSA) is 72.8 Å². The fraction of sp³-hybridized carbons (Fsp3) is 0.333. The number of carboxylic acids is 1. The molecule has 0 bridgehead atoms. The second-order valence-corrected chi connectivity index (χ2v) is 4.34. The smallest absolute Gasteiger partial charge is 0.303 e. The first-order chi connectivity index (χ1) is 8.58. The van der Waals surface area contributed by atoms with Gasteiger partial charge >= 0.3 is 5.97 Å². The lowest BCUT2D eigenvalue weighted by molar-refractivity contribution is -0.137. The van der Waals surface area contributed by atoms with Crippen molar-refractivity contribution in [2.24, 2.45) is 0 Å². The first-order valence-electron chi connectivity index (χ1n) is 5.25. The first kappa shape index (κ1) is 14.5. The van der Waals surface area contributed by atoms with Crippen molar-refractivity contribution in [2.75, 3.05) is 13.7 Å². The zero-order valence-electron chi connectivity index (χ0n) is 9.81. The van der Waals surface area contributed by atoms with Crippen LogP contribution in [0.1, 0.15) is 23.2 Å². The van der Waals surface area contributed by atoms with Gasteiger partial charge in [-0.05, 0) is 34.5 Å². The molecule has 0 aliphatic rings. The summed E-state index contributed by atoms with van der Waals surface area (Å²) in [6, 6.07) is 3.19. The number of rotatable bonds is 7. The van der Waals surface area contributed by atoms with E-state index in [1.54, 1.807) is 12.1 Å². The molecular formula is C12H13BrO5. The van der Waals surface area contributed by atoms with E-state index in [1.165, 1.54) is 7.11 Å². The van der Waals surface area contributed by atoms with E-state index in [9.17, 15) is 9.59 Å². The zero-order valence-corrected chi connectivity index (χ0v) is 11.4. The van der Waals surface area contributed by atoms with Crippen LogP contribution in [0.2, 0.25) is 0 Å². The Hall–Kier alpha value is -1.56. The van der Waals surface area contributed by atoms with Crippen LogP contribution in [0.5, 0.6) is 11.5 Å². The predicted molar refractivity (Wildman–Crippen MR) is 68.4 cm³/mol. The Morgan fingerprint density at radius 2 is 2.17 bits per heavy atom. The van der Waals surface area contributed by atoms with Crippen molar-refractivity contribution in [3.63, 3.8) is 0 Å². The molecule has 0 saturated carbocycles. The molecule has 1 aromatic rings. The van der Waals surface area contributed by atoms with Gasteiger partial charge in [-0.25, -0.2) is 0 Å². The number of hydrogen-bond acceptors (Lipinski definition) is 4. The predicted octanol–water partition coefficient (Wildman–Crippen LogP) is 2.51. The van der Waals surface area contributed by atoms with E-state index in [1.807, 2.05) is 0 Å². The van der Waals surface area contributed by atoms with Gasteiger partial charge in [0, 0.05) is 16.5 Å². The Bertz CT molecular complexity index is 444. The number of benzene rings is 1. The van der Waals surface area contributed by atoms with Crippen LogP contribution in [-0.4, -0.2) is 31.1 Å². The molecule has 0 amide bonds. The Balaban J connectivity index is 2.72. The van der Waals surface area contributed by atoms with Crippen molar-refractivity contribution in [2.45, 2.75) is 12.8 Å². The summed E-state index contributed by atoms with van der Waals surface area (Å²) in [4.78, 5) is 21.1. The van der Waals surface area contributed by atoms with Crippen LogP contribution in [0.3, 0.4) is 0 Å². The second-order valence-electron chi connectivity index (χ2n) is 3.49. The van der Waals surface area contributed by atoms with Crippen molar-refractivity contribution in [1.29, 1.82) is 0 Å². The average Bonchev–Trinajstić information content (AvgIpc) is 2.34. The molecule has 98 valence electrons. The Kier molecular flexibility index (Phi) is 5.64. The molecule has 1 rings (SSSR count). The molecule has 0 fully saturated rings. The summed E-state index contributed by atoms with van der Waals surface area (Å²) >= 11 is 3.24. The van der Waals surface area contributed by atoms with Gasteiger partial charge in [-0.15, -0.1) is 0 Å². The fourth-order valence-corrected chi connectivity index (χ4v) is 1.73. The minimum absolute atomic E-state index is 0.0515. The van der Waals surface area contributed by atoms with Crippen molar-refractivity contribution >= 4 is 28.2 Å². The average molecular weight is 317 g/mol. The molecule has 0 saturated heterocycles. The third-order valence-electron chi connectivity index (χ3n) is 2.20. The molecule has 0 unspecified atom stereocenters. The lowest BCUT2D eigenvalue weighted by atomic mass is 10.2. The molecular weight excluding hydrogens is 304 g/mol. The molecule has 18 heavy (non-hydrogen) atoms. The van der Waals surface area contributed by atoms with Gasteiger partial charge < -0.3 is 14.6 Å². The van der Waals surface area contributed by atoms with E-state index in [0.29, 0.717) is 34.2 Å². The Morgan fingerprint density at radius 1 is 1.44 bits per heavy atom. The van der Waals surface area contributed by atoms with Crippen molar-refractivity contribution < 1.29 is 24.2 Å². The van der Waals surface area contributed by atoms with Crippen LogP contribution in [0.15, 0.2) is 16.6 Å². The summed E-state index contributed by atoms with van der Waals surface area (Å²) in [6.45, 7) is 0.273. The molecule has 0 heterocycles. The van der Waals surface area contributed by atoms with Crippen LogP contribution in [0.4, 0.5) is 0 Å². The maximum atomic E-state index is 10.8. The summed E-state index contributed by atoms with van der Waals surface area (Å²) in [5.41, 5.74) is 0.463. The number of carbonyl (C=O) groups excluding carboxylic acids is 1. The number of carboxylic acid groups (broad SMARTS) is 1. The Labute approximate surface area is 113 Å². The highest BCUT2D eigenvalue weighted by Crippen LogP contribution is 2.32. The van der Waals surface area contributed by atoms with E-state index in [4.69, 9.17) is 14.6 Å². The van der Waals surface area contributed by atoms with Gasteiger partial charge in [0.05, 0.1) is 13.7 Å². The van der Waals surface area contributed by atoms with Crippen LogP contribution in [0.25, 0.3) is 0 Å². The molecule has 1 N–H and O–H groups in total. The van der Waals surface area contributed by atoms with Crippen LogP contribution < -0.4 is 9.47 Å². The van der Waals surface area contributed by atoms with Gasteiger partial charge in [-0.2, -0.15) is 0 Å². The molecule has 6 heteroatoms. The lowest BCUT2D eigenvalue weighted by Crippen LogP contribution is -2.03. The number of hydrogen-bond donors (Lipinski definition) is 1. The minimum Gasteiger partial charge on any atom is -0.493 e. The van der Waals surface area contributed by atoms with E-state index in [-0.39, 0.29) is 13.0 Å². The monoisotopic (exact) mass is 316 g/mol. The van der Waals surface area contributed by atoms with Gasteiger partial charge in [0.1, 0.15) is 0 Å². The standard InChI is InChI=1S/C12H13BrO5/c1-17-10-5-8(7-14)9(13)6-11(10)18-4-2-3-12(15)16/h5-7H,2-4H2,1H3,(H,15,16). The maximum absolute atomic E-state index is 10.8. The minimum atomic E-state index is -0.858. The fourth-order valence-electron chi connectivity index (χ4n) is 1.32. The molecule has 0 spiro atoms. The van der Waals surface area contributed by atoms with E-state index >= 15 is 0 Å². The van der Waals surface area contributed by atoms with E-state index in [0.717, 1.165) is 0 Å².